The predicted molar refractivity (Wildman–Crippen MR) is 91.7 cm³/mol. The van der Waals surface area contributed by atoms with Crippen molar-refractivity contribution < 1.29 is 19.1 Å². The molecule has 0 radical (unpaired) electrons. The molecule has 7 heteroatoms. The molecule has 0 spiro atoms. The monoisotopic (exact) mass is 384 g/mol. The molecular formula is C16H21BrN2O4. The summed E-state index contributed by atoms with van der Waals surface area (Å²) in [6, 6.07) is 6.53. The summed E-state index contributed by atoms with van der Waals surface area (Å²) in [7, 11) is 0. The minimum Gasteiger partial charge on any atom is -0.462 e. The average molecular weight is 385 g/mol. The highest BCUT2D eigenvalue weighted by molar-refractivity contribution is 9.10. The molecule has 0 saturated heterocycles. The summed E-state index contributed by atoms with van der Waals surface area (Å²) in [5.41, 5.74) is 0.891. The van der Waals surface area contributed by atoms with E-state index in [-0.39, 0.29) is 29.6 Å². The maximum absolute atomic E-state index is 11.8. The van der Waals surface area contributed by atoms with Gasteiger partial charge >= 0.3 is 5.97 Å². The lowest BCUT2D eigenvalue weighted by Crippen LogP contribution is -2.33. The first kappa shape index (κ1) is 19.2. The zero-order valence-corrected chi connectivity index (χ0v) is 14.8. The van der Waals surface area contributed by atoms with Gasteiger partial charge in [0, 0.05) is 18.7 Å². The van der Waals surface area contributed by atoms with Gasteiger partial charge in [-0.25, -0.2) is 4.79 Å². The molecule has 0 aliphatic carbocycles. The number of alkyl halides is 1. The number of esters is 1. The SMILES string of the molecule is CCOC(=O)c1cccc(NC(=O)CCNC(=O)[C@H](Br)CC)c1. The second-order valence-electron chi connectivity index (χ2n) is 4.77. The number of benzene rings is 1. The van der Waals surface area contributed by atoms with Crippen LogP contribution in [0.3, 0.4) is 0 Å². The van der Waals surface area contributed by atoms with Crippen molar-refractivity contribution in [3.05, 3.63) is 29.8 Å². The van der Waals surface area contributed by atoms with Crippen LogP contribution in [0.15, 0.2) is 24.3 Å². The Kier molecular flexibility index (Phi) is 8.32. The quantitative estimate of drug-likeness (QED) is 0.532. The van der Waals surface area contributed by atoms with Crippen molar-refractivity contribution in [3.63, 3.8) is 0 Å². The van der Waals surface area contributed by atoms with E-state index >= 15 is 0 Å². The molecule has 0 bridgehead atoms. The first-order chi connectivity index (χ1) is 11.0. The molecule has 2 N–H and O–H groups in total. The first-order valence-corrected chi connectivity index (χ1v) is 8.38. The summed E-state index contributed by atoms with van der Waals surface area (Å²) in [6.45, 7) is 4.17. The van der Waals surface area contributed by atoms with Crippen molar-refractivity contribution in [2.45, 2.75) is 31.5 Å². The lowest BCUT2D eigenvalue weighted by molar-refractivity contribution is -0.120. The lowest BCUT2D eigenvalue weighted by Gasteiger charge is -2.09. The van der Waals surface area contributed by atoms with Crippen LogP contribution in [-0.2, 0) is 14.3 Å². The smallest absolute Gasteiger partial charge is 0.338 e. The van der Waals surface area contributed by atoms with Crippen LogP contribution in [0.2, 0.25) is 0 Å². The number of rotatable bonds is 8. The van der Waals surface area contributed by atoms with E-state index in [2.05, 4.69) is 26.6 Å². The molecule has 0 fully saturated rings. The fourth-order valence-corrected chi connectivity index (χ4v) is 1.92. The van der Waals surface area contributed by atoms with Crippen LogP contribution >= 0.6 is 15.9 Å². The molecule has 6 nitrogen and oxygen atoms in total. The summed E-state index contributed by atoms with van der Waals surface area (Å²) in [5.74, 6) is -0.808. The van der Waals surface area contributed by atoms with Gasteiger partial charge in [-0.3, -0.25) is 9.59 Å². The lowest BCUT2D eigenvalue weighted by atomic mass is 10.2. The third-order valence-corrected chi connectivity index (χ3v) is 4.01. The van der Waals surface area contributed by atoms with Gasteiger partial charge in [0.25, 0.3) is 0 Å². The van der Waals surface area contributed by atoms with Gasteiger partial charge in [-0.2, -0.15) is 0 Å². The molecule has 0 saturated carbocycles. The van der Waals surface area contributed by atoms with Crippen molar-refractivity contribution in [2.75, 3.05) is 18.5 Å². The average Bonchev–Trinajstić information content (AvgIpc) is 2.54. The second kappa shape index (κ2) is 9.99. The molecule has 2 amide bonds. The molecule has 126 valence electrons. The van der Waals surface area contributed by atoms with Gasteiger partial charge in [-0.05, 0) is 31.5 Å². The van der Waals surface area contributed by atoms with Gasteiger partial charge in [-0.15, -0.1) is 0 Å². The van der Waals surface area contributed by atoms with Crippen molar-refractivity contribution in [1.29, 1.82) is 0 Å². The molecule has 1 aromatic carbocycles. The summed E-state index contributed by atoms with van der Waals surface area (Å²) in [4.78, 5) is 34.8. The van der Waals surface area contributed by atoms with Crippen molar-refractivity contribution >= 4 is 39.4 Å². The highest BCUT2D eigenvalue weighted by atomic mass is 79.9. The Morgan fingerprint density at radius 3 is 2.65 bits per heavy atom. The Morgan fingerprint density at radius 2 is 2.00 bits per heavy atom. The second-order valence-corrected chi connectivity index (χ2v) is 5.87. The minimum absolute atomic E-state index is 0.135. The number of nitrogens with one attached hydrogen (secondary N) is 2. The van der Waals surface area contributed by atoms with Crippen molar-refractivity contribution in [1.82, 2.24) is 5.32 Å². The van der Waals surface area contributed by atoms with Crippen molar-refractivity contribution in [2.24, 2.45) is 0 Å². The Morgan fingerprint density at radius 1 is 1.26 bits per heavy atom. The fraction of sp³-hybridized carbons (Fsp3) is 0.438. The summed E-state index contributed by atoms with van der Waals surface area (Å²) in [5, 5.41) is 5.36. The van der Waals surface area contributed by atoms with Crippen LogP contribution < -0.4 is 10.6 Å². The van der Waals surface area contributed by atoms with Gasteiger partial charge in [0.05, 0.1) is 17.0 Å². The molecule has 0 heterocycles. The topological polar surface area (TPSA) is 84.5 Å². The van der Waals surface area contributed by atoms with E-state index in [9.17, 15) is 14.4 Å². The number of anilines is 1. The molecule has 1 rings (SSSR count). The van der Waals surface area contributed by atoms with Crippen LogP contribution in [0.4, 0.5) is 5.69 Å². The molecule has 1 aromatic rings. The van der Waals surface area contributed by atoms with Crippen LogP contribution in [0.5, 0.6) is 0 Å². The number of halogens is 1. The van der Waals surface area contributed by atoms with Gasteiger partial charge in [-0.1, -0.05) is 28.9 Å². The number of carbonyl (C=O) groups is 3. The fourth-order valence-electron chi connectivity index (χ4n) is 1.76. The largest absolute Gasteiger partial charge is 0.462 e. The Hall–Kier alpha value is -1.89. The zero-order valence-electron chi connectivity index (χ0n) is 13.2. The Bertz CT molecular complexity index is 563. The number of ether oxygens (including phenoxy) is 1. The molecule has 0 aliphatic rings. The van der Waals surface area contributed by atoms with Crippen LogP contribution in [0, 0.1) is 0 Å². The number of carbonyl (C=O) groups excluding carboxylic acids is 3. The van der Waals surface area contributed by atoms with E-state index in [0.29, 0.717) is 24.3 Å². The molecule has 0 aromatic heterocycles. The van der Waals surface area contributed by atoms with E-state index in [0.717, 1.165) is 0 Å². The summed E-state index contributed by atoms with van der Waals surface area (Å²) >= 11 is 3.24. The molecular weight excluding hydrogens is 364 g/mol. The van der Waals surface area contributed by atoms with Gasteiger partial charge < -0.3 is 15.4 Å². The van der Waals surface area contributed by atoms with Gasteiger partial charge in [0.1, 0.15) is 0 Å². The van der Waals surface area contributed by atoms with E-state index in [1.807, 2.05) is 6.92 Å². The standard InChI is InChI=1S/C16H21BrN2O4/c1-3-13(17)15(21)18-9-8-14(20)19-12-7-5-6-11(10-12)16(22)23-4-2/h5-7,10,13H,3-4,8-9H2,1-2H3,(H,18,21)(H,19,20)/t13-/m1/s1. The number of hydrogen-bond acceptors (Lipinski definition) is 4. The van der Waals surface area contributed by atoms with Crippen molar-refractivity contribution in [3.8, 4) is 0 Å². The minimum atomic E-state index is -0.432. The molecule has 0 aliphatic heterocycles. The number of amides is 2. The first-order valence-electron chi connectivity index (χ1n) is 7.46. The third-order valence-electron chi connectivity index (χ3n) is 2.95. The van der Waals surface area contributed by atoms with Crippen LogP contribution in [0.1, 0.15) is 37.0 Å². The van der Waals surface area contributed by atoms with Crippen LogP contribution in [-0.4, -0.2) is 35.8 Å². The maximum Gasteiger partial charge on any atom is 0.338 e. The van der Waals surface area contributed by atoms with Gasteiger partial charge in [0.15, 0.2) is 0 Å². The maximum atomic E-state index is 11.8. The highest BCUT2D eigenvalue weighted by Crippen LogP contribution is 2.12. The molecule has 0 unspecified atom stereocenters. The molecule has 23 heavy (non-hydrogen) atoms. The molecule has 1 atom stereocenters. The third kappa shape index (κ3) is 6.81. The van der Waals surface area contributed by atoms with Gasteiger partial charge in [0.2, 0.25) is 11.8 Å². The predicted octanol–water partition coefficient (Wildman–Crippen LogP) is 2.48. The van der Waals surface area contributed by atoms with E-state index < -0.39 is 5.97 Å². The number of hydrogen-bond donors (Lipinski definition) is 2. The zero-order chi connectivity index (χ0) is 17.2. The normalized spacial score (nSPS) is 11.4. The van der Waals surface area contributed by atoms with Crippen LogP contribution in [0.25, 0.3) is 0 Å². The Balaban J connectivity index is 2.47. The summed E-state index contributed by atoms with van der Waals surface area (Å²) < 4.78 is 4.91. The van der Waals surface area contributed by atoms with E-state index in [1.165, 1.54) is 0 Å². The summed E-state index contributed by atoms with van der Waals surface area (Å²) in [6.07, 6.45) is 0.831. The highest BCUT2D eigenvalue weighted by Gasteiger charge is 2.12. The van der Waals surface area contributed by atoms with E-state index in [1.54, 1.807) is 31.2 Å². The van der Waals surface area contributed by atoms with E-state index in [4.69, 9.17) is 4.74 Å². The Labute approximate surface area is 144 Å².